The Morgan fingerprint density at radius 3 is 2.65 bits per heavy atom. The van der Waals surface area contributed by atoms with E-state index in [-0.39, 0.29) is 17.9 Å². The summed E-state index contributed by atoms with van der Waals surface area (Å²) in [4.78, 5) is 24.9. The van der Waals surface area contributed by atoms with Crippen LogP contribution in [0.5, 0.6) is 0 Å². The fraction of sp³-hybridized carbons (Fsp3) is 0.300. The van der Waals surface area contributed by atoms with Crippen LogP contribution in [0.4, 0.5) is 11.4 Å². The average Bonchev–Trinajstić information content (AvgIpc) is 2.65. The first kappa shape index (κ1) is 18.5. The molecular formula is C20H23N3O2S. The summed E-state index contributed by atoms with van der Waals surface area (Å²) in [6, 6.07) is 14.9. The van der Waals surface area contributed by atoms with Crippen LogP contribution in [0, 0.1) is 6.92 Å². The van der Waals surface area contributed by atoms with Crippen LogP contribution in [-0.2, 0) is 4.79 Å². The summed E-state index contributed by atoms with van der Waals surface area (Å²) in [5.74, 6) is 1.82. The molecule has 1 unspecified atom stereocenters. The first-order chi connectivity index (χ1) is 12.6. The Balaban J connectivity index is 1.66. The second kappa shape index (κ2) is 8.87. The van der Waals surface area contributed by atoms with E-state index in [1.54, 1.807) is 12.1 Å². The van der Waals surface area contributed by atoms with Crippen molar-refractivity contribution in [1.82, 2.24) is 5.32 Å². The molecule has 2 amide bonds. The molecular weight excluding hydrogens is 346 g/mol. The van der Waals surface area contributed by atoms with Crippen LogP contribution >= 0.6 is 11.8 Å². The highest BCUT2D eigenvalue weighted by molar-refractivity contribution is 7.99. The molecule has 1 atom stereocenters. The Kier molecular flexibility index (Phi) is 6.30. The van der Waals surface area contributed by atoms with Gasteiger partial charge in [0.1, 0.15) is 0 Å². The van der Waals surface area contributed by atoms with Crippen LogP contribution in [-0.4, -0.2) is 35.9 Å². The van der Waals surface area contributed by atoms with Gasteiger partial charge in [0.15, 0.2) is 0 Å². The number of amides is 2. The molecule has 1 aliphatic rings. The van der Waals surface area contributed by atoms with E-state index in [1.165, 1.54) is 0 Å². The van der Waals surface area contributed by atoms with Crippen molar-refractivity contribution in [3.05, 3.63) is 59.7 Å². The fourth-order valence-electron chi connectivity index (χ4n) is 2.91. The molecule has 6 heteroatoms. The minimum atomic E-state index is -0.185. The number of hydrogen-bond acceptors (Lipinski definition) is 4. The number of nitrogens with one attached hydrogen (secondary N) is 3. The largest absolute Gasteiger partial charge is 0.326 e. The molecule has 3 N–H and O–H groups in total. The van der Waals surface area contributed by atoms with Crippen LogP contribution < -0.4 is 16.0 Å². The van der Waals surface area contributed by atoms with E-state index >= 15 is 0 Å². The van der Waals surface area contributed by atoms with Gasteiger partial charge in [-0.25, -0.2) is 0 Å². The third kappa shape index (κ3) is 4.86. The van der Waals surface area contributed by atoms with E-state index in [0.29, 0.717) is 17.7 Å². The summed E-state index contributed by atoms with van der Waals surface area (Å²) < 4.78 is 0. The van der Waals surface area contributed by atoms with Gasteiger partial charge in [-0.05, 0) is 36.8 Å². The van der Waals surface area contributed by atoms with Crippen molar-refractivity contribution in [3.8, 4) is 0 Å². The van der Waals surface area contributed by atoms with E-state index in [9.17, 15) is 9.59 Å². The zero-order valence-electron chi connectivity index (χ0n) is 14.7. The lowest BCUT2D eigenvalue weighted by Gasteiger charge is -2.22. The van der Waals surface area contributed by atoms with Crippen LogP contribution in [0.2, 0.25) is 0 Å². The number of carbonyl (C=O) groups excluding carboxylic acids is 2. The van der Waals surface area contributed by atoms with Gasteiger partial charge in [0.25, 0.3) is 5.91 Å². The summed E-state index contributed by atoms with van der Waals surface area (Å²) in [5.41, 5.74) is 2.74. The monoisotopic (exact) mass is 369 g/mol. The Labute approximate surface area is 157 Å². The molecule has 0 spiro atoms. The van der Waals surface area contributed by atoms with Crippen LogP contribution in [0.1, 0.15) is 22.3 Å². The quantitative estimate of drug-likeness (QED) is 0.756. The van der Waals surface area contributed by atoms with Crippen molar-refractivity contribution in [2.75, 3.05) is 28.7 Å². The lowest BCUT2D eigenvalue weighted by atomic mass is 10.1. The summed E-state index contributed by atoms with van der Waals surface area (Å²) >= 11 is 1.87. The molecule has 3 rings (SSSR count). The minimum absolute atomic E-state index is 0.0336. The maximum absolute atomic E-state index is 12.6. The zero-order chi connectivity index (χ0) is 18.4. The molecule has 1 saturated heterocycles. The van der Waals surface area contributed by atoms with Crippen molar-refractivity contribution in [3.63, 3.8) is 0 Å². The number of rotatable bonds is 5. The third-order valence-electron chi connectivity index (χ3n) is 4.31. The predicted octanol–water partition coefficient (Wildman–Crippen LogP) is 3.28. The highest BCUT2D eigenvalue weighted by Gasteiger charge is 2.18. The third-order valence-corrected chi connectivity index (χ3v) is 5.45. The van der Waals surface area contributed by atoms with Gasteiger partial charge in [-0.3, -0.25) is 9.59 Å². The smallest absolute Gasteiger partial charge is 0.256 e. The normalized spacial score (nSPS) is 16.7. The number of carbonyl (C=O) groups is 2. The van der Waals surface area contributed by atoms with E-state index in [2.05, 4.69) is 16.0 Å². The molecule has 0 aromatic heterocycles. The molecule has 0 radical (unpaired) electrons. The molecule has 1 heterocycles. The molecule has 26 heavy (non-hydrogen) atoms. The molecule has 2 aromatic rings. The molecule has 136 valence electrons. The standard InChI is InChI=1S/C20H23N3O2S/c1-14-17(20(25)22-15-6-3-2-4-7-15)8-5-9-18(14)23-19(24)12-16-13-26-11-10-21-16/h2-9,16,21H,10-13H2,1H3,(H,22,25)(H,23,24). The van der Waals surface area contributed by atoms with E-state index in [1.807, 2.05) is 55.1 Å². The molecule has 2 aromatic carbocycles. The maximum Gasteiger partial charge on any atom is 0.256 e. The van der Waals surface area contributed by atoms with Crippen LogP contribution in [0.25, 0.3) is 0 Å². The highest BCUT2D eigenvalue weighted by atomic mass is 32.2. The van der Waals surface area contributed by atoms with Gasteiger partial charge < -0.3 is 16.0 Å². The second-order valence-corrected chi connectivity index (χ2v) is 7.43. The van der Waals surface area contributed by atoms with E-state index < -0.39 is 0 Å². The Morgan fingerprint density at radius 1 is 1.12 bits per heavy atom. The van der Waals surface area contributed by atoms with Gasteiger partial charge >= 0.3 is 0 Å². The molecule has 1 fully saturated rings. The van der Waals surface area contributed by atoms with Crippen molar-refractivity contribution >= 4 is 35.0 Å². The first-order valence-corrected chi connectivity index (χ1v) is 9.86. The van der Waals surface area contributed by atoms with Gasteiger partial charge in [0.2, 0.25) is 5.91 Å². The minimum Gasteiger partial charge on any atom is -0.326 e. The SMILES string of the molecule is Cc1c(NC(=O)CC2CSCCN2)cccc1C(=O)Nc1ccccc1. The fourth-order valence-corrected chi connectivity index (χ4v) is 3.86. The molecule has 0 aliphatic carbocycles. The second-order valence-electron chi connectivity index (χ2n) is 6.28. The maximum atomic E-state index is 12.6. The van der Waals surface area contributed by atoms with Crippen molar-refractivity contribution in [2.45, 2.75) is 19.4 Å². The first-order valence-electron chi connectivity index (χ1n) is 8.70. The number of hydrogen-bond donors (Lipinski definition) is 3. The number of para-hydroxylation sites is 1. The Bertz CT molecular complexity index is 774. The van der Waals surface area contributed by atoms with Gasteiger partial charge in [-0.1, -0.05) is 24.3 Å². The van der Waals surface area contributed by atoms with Crippen LogP contribution in [0.3, 0.4) is 0 Å². The Morgan fingerprint density at radius 2 is 1.92 bits per heavy atom. The highest BCUT2D eigenvalue weighted by Crippen LogP contribution is 2.21. The molecule has 0 bridgehead atoms. The van der Waals surface area contributed by atoms with E-state index in [0.717, 1.165) is 29.3 Å². The summed E-state index contributed by atoms with van der Waals surface area (Å²) in [6.45, 7) is 2.79. The Hall–Kier alpha value is -2.31. The number of benzene rings is 2. The van der Waals surface area contributed by atoms with Gasteiger partial charge in [0.05, 0.1) is 0 Å². The van der Waals surface area contributed by atoms with E-state index in [4.69, 9.17) is 0 Å². The van der Waals surface area contributed by atoms with Crippen molar-refractivity contribution in [2.24, 2.45) is 0 Å². The van der Waals surface area contributed by atoms with Gasteiger partial charge in [-0.2, -0.15) is 11.8 Å². The topological polar surface area (TPSA) is 70.2 Å². The number of anilines is 2. The molecule has 0 saturated carbocycles. The number of thioether (sulfide) groups is 1. The molecule has 5 nitrogen and oxygen atoms in total. The lowest BCUT2D eigenvalue weighted by molar-refractivity contribution is -0.116. The van der Waals surface area contributed by atoms with Crippen molar-refractivity contribution in [1.29, 1.82) is 0 Å². The molecule has 1 aliphatic heterocycles. The average molecular weight is 369 g/mol. The van der Waals surface area contributed by atoms with Crippen molar-refractivity contribution < 1.29 is 9.59 Å². The lowest BCUT2D eigenvalue weighted by Crippen LogP contribution is -2.40. The predicted molar refractivity (Wildman–Crippen MR) is 108 cm³/mol. The van der Waals surface area contributed by atoms with Gasteiger partial charge in [0, 0.05) is 47.5 Å². The summed E-state index contributed by atoms with van der Waals surface area (Å²) in [5, 5.41) is 9.19. The zero-order valence-corrected chi connectivity index (χ0v) is 15.6. The van der Waals surface area contributed by atoms with Gasteiger partial charge in [-0.15, -0.1) is 0 Å². The summed E-state index contributed by atoms with van der Waals surface area (Å²) in [6.07, 6.45) is 0.437. The summed E-state index contributed by atoms with van der Waals surface area (Å²) in [7, 11) is 0. The van der Waals surface area contributed by atoms with Crippen LogP contribution in [0.15, 0.2) is 48.5 Å².